The second kappa shape index (κ2) is 6.52. The van der Waals surface area contributed by atoms with Crippen LogP contribution in [-0.2, 0) is 0 Å². The van der Waals surface area contributed by atoms with E-state index in [1.54, 1.807) is 24.4 Å². The summed E-state index contributed by atoms with van der Waals surface area (Å²) in [6.07, 6.45) is 3.11. The average molecular weight is 489 g/mol. The maximum absolute atomic E-state index is 12.9. The van der Waals surface area contributed by atoms with Gasteiger partial charge in [-0.3, -0.25) is 19.3 Å². The highest BCUT2D eigenvalue weighted by Crippen LogP contribution is 2.31. The summed E-state index contributed by atoms with van der Waals surface area (Å²) in [5.41, 5.74) is 2.15. The number of H-pyrrole nitrogens is 2. The Morgan fingerprint density at radius 1 is 1.07 bits per heavy atom. The summed E-state index contributed by atoms with van der Waals surface area (Å²) in [5, 5.41) is 3.25. The van der Waals surface area contributed by atoms with Crippen LogP contribution in [0.4, 0.5) is 0 Å². The van der Waals surface area contributed by atoms with Crippen LogP contribution >= 0.6 is 22.6 Å². The Labute approximate surface area is 172 Å². The van der Waals surface area contributed by atoms with Crippen molar-refractivity contribution in [2.75, 3.05) is 13.1 Å². The number of halogens is 1. The minimum atomic E-state index is -0.259. The van der Waals surface area contributed by atoms with Crippen molar-refractivity contribution >= 4 is 45.4 Å². The van der Waals surface area contributed by atoms with E-state index in [0.717, 1.165) is 29.5 Å². The molecule has 142 valence electrons. The Balaban J connectivity index is 1.59. The van der Waals surface area contributed by atoms with Gasteiger partial charge >= 0.3 is 0 Å². The van der Waals surface area contributed by atoms with Gasteiger partial charge < -0.3 is 15.3 Å². The fraction of sp³-hybridized carbons (Fsp3) is 0.263. The number of aromatic amines is 2. The molecule has 3 aromatic rings. The molecule has 4 heterocycles. The lowest BCUT2D eigenvalue weighted by molar-refractivity contribution is 0.0556. The quantitative estimate of drug-likeness (QED) is 0.376. The van der Waals surface area contributed by atoms with Gasteiger partial charge in [0.05, 0.1) is 27.7 Å². The fourth-order valence-electron chi connectivity index (χ4n) is 3.95. The highest BCUT2D eigenvalue weighted by molar-refractivity contribution is 14.1. The van der Waals surface area contributed by atoms with Crippen molar-refractivity contribution in [1.82, 2.24) is 25.2 Å². The monoisotopic (exact) mass is 489 g/mol. The predicted molar refractivity (Wildman–Crippen MR) is 111 cm³/mol. The van der Waals surface area contributed by atoms with Crippen LogP contribution in [0.15, 0.2) is 29.2 Å². The highest BCUT2D eigenvalue weighted by Gasteiger charge is 2.40. The van der Waals surface area contributed by atoms with Crippen molar-refractivity contribution in [3.63, 3.8) is 0 Å². The molecule has 2 aliphatic rings. The zero-order chi connectivity index (χ0) is 19.4. The molecule has 2 amide bonds. The maximum atomic E-state index is 12.9. The number of carbonyl (C=O) groups excluding carboxylic acids is 2. The molecule has 28 heavy (non-hydrogen) atoms. The Bertz CT molecular complexity index is 1140. The summed E-state index contributed by atoms with van der Waals surface area (Å²) in [5.74, 6) is -0.0948. The largest absolute Gasteiger partial charge is 0.338 e. The van der Waals surface area contributed by atoms with Crippen molar-refractivity contribution in [1.29, 1.82) is 0 Å². The number of imidazole rings is 1. The first-order valence-corrected chi connectivity index (χ1v) is 10.1. The zero-order valence-electron chi connectivity index (χ0n) is 14.7. The Morgan fingerprint density at radius 3 is 2.50 bits per heavy atom. The van der Waals surface area contributed by atoms with E-state index in [1.807, 2.05) is 0 Å². The number of nitrogens with one attached hydrogen (secondary N) is 3. The first-order chi connectivity index (χ1) is 13.5. The molecule has 0 atom stereocenters. The number of nitrogens with zero attached hydrogens (tertiary/aromatic N) is 2. The summed E-state index contributed by atoms with van der Waals surface area (Å²) in [6.45, 7) is 1.60. The molecule has 5 rings (SSSR count). The molecular formula is C19H16IN5O3. The van der Waals surface area contributed by atoms with Crippen LogP contribution in [-0.4, -0.2) is 50.8 Å². The number of amides is 2. The molecule has 3 N–H and O–H groups in total. The van der Waals surface area contributed by atoms with Gasteiger partial charge in [0, 0.05) is 15.8 Å². The maximum Gasteiger partial charge on any atom is 0.261 e. The second-order valence-corrected chi connectivity index (χ2v) is 8.15. The standard InChI is InChI=1S/C19H16IN5O3/c20-12-3-6-22-17(26)15(12)16-23-13-7-10-11(8-14(13)24-16)19(28)25(18(10)27)9-1-4-21-5-2-9/h3,6-9,21H,1-2,4-5H2,(H,22,26)(H,23,24). The number of fused-ring (bicyclic) bond motifs is 2. The van der Waals surface area contributed by atoms with Crippen LogP contribution in [0.2, 0.25) is 0 Å². The topological polar surface area (TPSA) is 111 Å². The van der Waals surface area contributed by atoms with Gasteiger partial charge in [-0.1, -0.05) is 0 Å². The van der Waals surface area contributed by atoms with E-state index in [9.17, 15) is 14.4 Å². The van der Waals surface area contributed by atoms with E-state index in [-0.39, 0.29) is 23.4 Å². The summed E-state index contributed by atoms with van der Waals surface area (Å²) >= 11 is 2.08. The molecule has 0 unspecified atom stereocenters. The lowest BCUT2D eigenvalue weighted by Gasteiger charge is -2.29. The number of carbonyl (C=O) groups is 2. The summed E-state index contributed by atoms with van der Waals surface area (Å²) in [6, 6.07) is 5.04. The van der Waals surface area contributed by atoms with Gasteiger partial charge in [0.2, 0.25) is 0 Å². The molecule has 0 spiro atoms. The van der Waals surface area contributed by atoms with Crippen LogP contribution in [0.3, 0.4) is 0 Å². The number of piperidine rings is 1. The number of aromatic nitrogens is 3. The summed E-state index contributed by atoms with van der Waals surface area (Å²) in [4.78, 5) is 49.7. The van der Waals surface area contributed by atoms with Crippen LogP contribution in [0.25, 0.3) is 22.4 Å². The van der Waals surface area contributed by atoms with Crippen LogP contribution in [0, 0.1) is 3.57 Å². The lowest BCUT2D eigenvalue weighted by atomic mass is 10.1. The van der Waals surface area contributed by atoms with Crippen LogP contribution in [0.5, 0.6) is 0 Å². The zero-order valence-corrected chi connectivity index (χ0v) is 16.9. The molecule has 0 radical (unpaired) electrons. The first-order valence-electron chi connectivity index (χ1n) is 9.04. The van der Waals surface area contributed by atoms with E-state index in [2.05, 4.69) is 42.9 Å². The average Bonchev–Trinajstić information content (AvgIpc) is 3.19. The number of hydrogen-bond acceptors (Lipinski definition) is 5. The summed E-state index contributed by atoms with van der Waals surface area (Å²) < 4.78 is 0.761. The normalized spacial score (nSPS) is 17.5. The van der Waals surface area contributed by atoms with E-state index in [4.69, 9.17) is 0 Å². The SMILES string of the molecule is O=C1c2cc3nc(-c4c(I)cc[nH]c4=O)[nH]c3cc2C(=O)N1C1CCNCC1. The molecule has 0 saturated carbocycles. The van der Waals surface area contributed by atoms with Crippen molar-refractivity contribution in [2.45, 2.75) is 18.9 Å². The van der Waals surface area contributed by atoms with E-state index >= 15 is 0 Å². The Morgan fingerprint density at radius 2 is 1.79 bits per heavy atom. The summed E-state index contributed by atoms with van der Waals surface area (Å²) in [7, 11) is 0. The van der Waals surface area contributed by atoms with Gasteiger partial charge in [-0.15, -0.1) is 0 Å². The van der Waals surface area contributed by atoms with Crippen molar-refractivity contribution < 1.29 is 9.59 Å². The minimum absolute atomic E-state index is 0.0695. The first kappa shape index (κ1) is 17.6. The number of hydrogen-bond donors (Lipinski definition) is 3. The Hall–Kier alpha value is -2.53. The van der Waals surface area contributed by atoms with Crippen LogP contribution < -0.4 is 10.9 Å². The van der Waals surface area contributed by atoms with Crippen molar-refractivity contribution in [3.05, 3.63) is 49.4 Å². The third-order valence-corrected chi connectivity index (χ3v) is 6.24. The molecule has 2 aromatic heterocycles. The smallest absolute Gasteiger partial charge is 0.261 e. The molecule has 1 fully saturated rings. The second-order valence-electron chi connectivity index (χ2n) is 6.99. The molecule has 1 aromatic carbocycles. The minimum Gasteiger partial charge on any atom is -0.338 e. The van der Waals surface area contributed by atoms with E-state index in [1.165, 1.54) is 4.90 Å². The van der Waals surface area contributed by atoms with Crippen molar-refractivity contribution in [2.24, 2.45) is 0 Å². The number of imide groups is 1. The molecule has 8 nitrogen and oxygen atoms in total. The highest BCUT2D eigenvalue weighted by atomic mass is 127. The lowest BCUT2D eigenvalue weighted by Crippen LogP contribution is -2.45. The van der Waals surface area contributed by atoms with Gasteiger partial charge in [-0.25, -0.2) is 4.98 Å². The predicted octanol–water partition coefficient (Wildman–Crippen LogP) is 1.87. The van der Waals surface area contributed by atoms with E-state index in [0.29, 0.717) is 33.5 Å². The molecule has 0 bridgehead atoms. The third-order valence-electron chi connectivity index (χ3n) is 5.34. The van der Waals surface area contributed by atoms with Gasteiger partial charge in [0.15, 0.2) is 0 Å². The molecule has 2 aliphatic heterocycles. The van der Waals surface area contributed by atoms with Gasteiger partial charge in [0.25, 0.3) is 17.4 Å². The number of pyridine rings is 1. The van der Waals surface area contributed by atoms with Crippen molar-refractivity contribution in [3.8, 4) is 11.4 Å². The fourth-order valence-corrected chi connectivity index (χ4v) is 4.63. The van der Waals surface area contributed by atoms with Gasteiger partial charge in [-0.05, 0) is 66.7 Å². The molecular weight excluding hydrogens is 473 g/mol. The van der Waals surface area contributed by atoms with E-state index < -0.39 is 0 Å². The van der Waals surface area contributed by atoms with Gasteiger partial charge in [-0.2, -0.15) is 0 Å². The molecule has 1 saturated heterocycles. The third kappa shape index (κ3) is 2.60. The Kier molecular flexibility index (Phi) is 4.09. The van der Waals surface area contributed by atoms with Gasteiger partial charge in [0.1, 0.15) is 5.82 Å². The molecule has 9 heteroatoms. The molecule has 0 aliphatic carbocycles. The number of rotatable bonds is 2. The number of benzene rings is 1. The van der Waals surface area contributed by atoms with Crippen LogP contribution in [0.1, 0.15) is 33.6 Å².